The SMILES string of the molecule is C=Cc1ccccc1CNC(=O)Cc1cc(=O)n2[nH]c(SC)nc2n1. The van der Waals surface area contributed by atoms with Crippen molar-refractivity contribution in [2.75, 3.05) is 6.26 Å². The summed E-state index contributed by atoms with van der Waals surface area (Å²) in [4.78, 5) is 32.7. The standard InChI is InChI=1S/C17H17N5O2S/c1-3-11-6-4-5-7-12(11)10-18-14(23)8-13-9-15(24)22-16(19-13)20-17(21-22)25-2/h3-7,9H,1,8,10H2,2H3,(H,18,23)(H,19,20,21). The number of aromatic amines is 1. The molecule has 128 valence electrons. The molecule has 0 spiro atoms. The minimum atomic E-state index is -0.294. The van der Waals surface area contributed by atoms with E-state index in [0.29, 0.717) is 17.4 Å². The molecule has 0 aliphatic heterocycles. The highest BCUT2D eigenvalue weighted by molar-refractivity contribution is 7.98. The summed E-state index contributed by atoms with van der Waals surface area (Å²) in [5.41, 5.74) is 2.05. The van der Waals surface area contributed by atoms with Crippen molar-refractivity contribution < 1.29 is 4.79 Å². The molecule has 0 radical (unpaired) electrons. The smallest absolute Gasteiger partial charge is 0.274 e. The zero-order valence-electron chi connectivity index (χ0n) is 13.7. The van der Waals surface area contributed by atoms with E-state index in [4.69, 9.17) is 0 Å². The fraction of sp³-hybridized carbons (Fsp3) is 0.176. The van der Waals surface area contributed by atoms with Crippen LogP contribution in [0.3, 0.4) is 0 Å². The molecule has 0 atom stereocenters. The van der Waals surface area contributed by atoms with Crippen molar-refractivity contribution in [3.63, 3.8) is 0 Å². The van der Waals surface area contributed by atoms with Crippen LogP contribution in [0.1, 0.15) is 16.8 Å². The number of rotatable bonds is 6. The topological polar surface area (TPSA) is 92.2 Å². The van der Waals surface area contributed by atoms with Crippen LogP contribution in [0.5, 0.6) is 0 Å². The maximum atomic E-state index is 12.2. The van der Waals surface area contributed by atoms with Crippen molar-refractivity contribution in [1.82, 2.24) is 24.9 Å². The average molecular weight is 355 g/mol. The predicted molar refractivity (Wildman–Crippen MR) is 97.5 cm³/mol. The summed E-state index contributed by atoms with van der Waals surface area (Å²) >= 11 is 1.38. The lowest BCUT2D eigenvalue weighted by molar-refractivity contribution is -0.120. The van der Waals surface area contributed by atoms with E-state index < -0.39 is 0 Å². The Labute approximate surface area is 148 Å². The molecule has 0 aliphatic carbocycles. The minimum Gasteiger partial charge on any atom is -0.352 e. The van der Waals surface area contributed by atoms with Gasteiger partial charge in [-0.05, 0) is 17.4 Å². The normalized spacial score (nSPS) is 10.8. The number of amides is 1. The van der Waals surface area contributed by atoms with Gasteiger partial charge in [0.1, 0.15) is 0 Å². The van der Waals surface area contributed by atoms with Crippen LogP contribution >= 0.6 is 11.8 Å². The molecular weight excluding hydrogens is 338 g/mol. The molecule has 25 heavy (non-hydrogen) atoms. The van der Waals surface area contributed by atoms with E-state index in [1.807, 2.05) is 30.5 Å². The molecule has 0 saturated heterocycles. The van der Waals surface area contributed by atoms with Gasteiger partial charge in [-0.2, -0.15) is 9.50 Å². The number of nitrogens with zero attached hydrogens (tertiary/aromatic N) is 3. The molecule has 0 fully saturated rings. The Hall–Kier alpha value is -2.87. The highest BCUT2D eigenvalue weighted by atomic mass is 32.2. The maximum Gasteiger partial charge on any atom is 0.274 e. The summed E-state index contributed by atoms with van der Waals surface area (Å²) < 4.78 is 1.26. The Morgan fingerprint density at radius 2 is 2.20 bits per heavy atom. The van der Waals surface area contributed by atoms with Crippen LogP contribution in [0.4, 0.5) is 0 Å². The number of carbonyl (C=O) groups excluding carboxylic acids is 1. The third-order valence-electron chi connectivity index (χ3n) is 3.65. The fourth-order valence-corrected chi connectivity index (χ4v) is 2.76. The molecule has 1 amide bonds. The zero-order valence-corrected chi connectivity index (χ0v) is 14.5. The third kappa shape index (κ3) is 3.80. The summed E-state index contributed by atoms with van der Waals surface area (Å²) in [7, 11) is 0. The highest BCUT2D eigenvalue weighted by Crippen LogP contribution is 2.10. The lowest BCUT2D eigenvalue weighted by Crippen LogP contribution is -2.26. The first-order chi connectivity index (χ1) is 12.1. The Kier molecular flexibility index (Phi) is 4.99. The summed E-state index contributed by atoms with van der Waals surface area (Å²) in [5.74, 6) is 0.0485. The van der Waals surface area contributed by atoms with Gasteiger partial charge in [0.2, 0.25) is 5.91 Å². The number of aromatic nitrogens is 4. The highest BCUT2D eigenvalue weighted by Gasteiger charge is 2.11. The van der Waals surface area contributed by atoms with Crippen molar-refractivity contribution in [2.24, 2.45) is 0 Å². The molecule has 8 heteroatoms. The molecule has 7 nitrogen and oxygen atoms in total. The second-order valence-electron chi connectivity index (χ2n) is 5.31. The number of fused-ring (bicyclic) bond motifs is 1. The van der Waals surface area contributed by atoms with E-state index in [2.05, 4.69) is 27.0 Å². The van der Waals surface area contributed by atoms with Crippen LogP contribution in [-0.4, -0.2) is 31.7 Å². The molecular formula is C17H17N5O2S. The average Bonchev–Trinajstić information content (AvgIpc) is 3.04. The second kappa shape index (κ2) is 7.35. The second-order valence-corrected chi connectivity index (χ2v) is 6.11. The van der Waals surface area contributed by atoms with Gasteiger partial charge >= 0.3 is 0 Å². The van der Waals surface area contributed by atoms with E-state index in [9.17, 15) is 9.59 Å². The third-order valence-corrected chi connectivity index (χ3v) is 4.22. The van der Waals surface area contributed by atoms with Crippen LogP contribution < -0.4 is 10.9 Å². The molecule has 0 bridgehead atoms. The van der Waals surface area contributed by atoms with Gasteiger partial charge < -0.3 is 5.32 Å². The summed E-state index contributed by atoms with van der Waals surface area (Å²) in [5, 5.41) is 6.27. The molecule has 0 aliphatic rings. The van der Waals surface area contributed by atoms with Gasteiger partial charge in [-0.3, -0.25) is 14.7 Å². The number of nitrogens with one attached hydrogen (secondary N) is 2. The first-order valence-corrected chi connectivity index (χ1v) is 8.83. The molecule has 3 aromatic rings. The maximum absolute atomic E-state index is 12.2. The van der Waals surface area contributed by atoms with Crippen molar-refractivity contribution in [3.05, 3.63) is 64.1 Å². The Morgan fingerprint density at radius 3 is 2.96 bits per heavy atom. The largest absolute Gasteiger partial charge is 0.352 e. The van der Waals surface area contributed by atoms with Crippen LogP contribution in [0, 0.1) is 0 Å². The van der Waals surface area contributed by atoms with Gasteiger partial charge in [-0.15, -0.1) is 0 Å². The van der Waals surface area contributed by atoms with E-state index >= 15 is 0 Å². The van der Waals surface area contributed by atoms with Crippen molar-refractivity contribution >= 4 is 29.5 Å². The lowest BCUT2D eigenvalue weighted by Gasteiger charge is -2.08. The number of H-pyrrole nitrogens is 1. The summed E-state index contributed by atoms with van der Waals surface area (Å²) in [6.45, 7) is 4.15. The molecule has 2 N–H and O–H groups in total. The first-order valence-electron chi connectivity index (χ1n) is 7.60. The molecule has 2 heterocycles. The fourth-order valence-electron chi connectivity index (χ4n) is 2.40. The first kappa shape index (κ1) is 17.0. The van der Waals surface area contributed by atoms with E-state index in [0.717, 1.165) is 11.1 Å². The summed E-state index contributed by atoms with van der Waals surface area (Å²) in [6.07, 6.45) is 3.61. The zero-order chi connectivity index (χ0) is 17.8. The van der Waals surface area contributed by atoms with Crippen molar-refractivity contribution in [1.29, 1.82) is 0 Å². The minimum absolute atomic E-state index is 0.0173. The van der Waals surface area contributed by atoms with Gasteiger partial charge in [-0.25, -0.2) is 4.98 Å². The molecule has 0 unspecified atom stereocenters. The number of benzene rings is 1. The number of thioether (sulfide) groups is 1. The van der Waals surface area contributed by atoms with Gasteiger partial charge in [0.05, 0.1) is 12.1 Å². The number of hydrogen-bond donors (Lipinski definition) is 2. The van der Waals surface area contributed by atoms with Crippen LogP contribution in [0.15, 0.2) is 46.9 Å². The van der Waals surface area contributed by atoms with E-state index in [-0.39, 0.29) is 23.7 Å². The van der Waals surface area contributed by atoms with Crippen molar-refractivity contribution in [3.8, 4) is 0 Å². The quantitative estimate of drug-likeness (QED) is 0.656. The lowest BCUT2D eigenvalue weighted by atomic mass is 10.1. The number of hydrogen-bond acceptors (Lipinski definition) is 5. The van der Waals surface area contributed by atoms with Gasteiger partial charge in [0.15, 0.2) is 5.16 Å². The molecule has 0 saturated carbocycles. The molecule has 2 aromatic heterocycles. The van der Waals surface area contributed by atoms with Gasteiger partial charge in [-0.1, -0.05) is 48.7 Å². The Bertz CT molecular complexity index is 992. The van der Waals surface area contributed by atoms with E-state index in [1.165, 1.54) is 22.3 Å². The van der Waals surface area contributed by atoms with E-state index in [1.54, 1.807) is 6.08 Å². The monoisotopic (exact) mass is 355 g/mol. The van der Waals surface area contributed by atoms with Gasteiger partial charge in [0, 0.05) is 12.6 Å². The Morgan fingerprint density at radius 1 is 1.40 bits per heavy atom. The van der Waals surface area contributed by atoms with Crippen LogP contribution in [0.2, 0.25) is 0 Å². The van der Waals surface area contributed by atoms with Gasteiger partial charge in [0.25, 0.3) is 11.3 Å². The van der Waals surface area contributed by atoms with Crippen molar-refractivity contribution in [2.45, 2.75) is 18.1 Å². The summed E-state index contributed by atoms with van der Waals surface area (Å²) in [6, 6.07) is 9.04. The molecule has 1 aromatic carbocycles. The van der Waals surface area contributed by atoms with Crippen LogP contribution in [0.25, 0.3) is 11.9 Å². The molecule has 3 rings (SSSR count). The predicted octanol–water partition coefficient (Wildman–Crippen LogP) is 1.64. The number of carbonyl (C=O) groups is 1. The van der Waals surface area contributed by atoms with Crippen LogP contribution in [-0.2, 0) is 17.8 Å². The Balaban J connectivity index is 1.71.